The van der Waals surface area contributed by atoms with Gasteiger partial charge in [-0.3, -0.25) is 0 Å². The van der Waals surface area contributed by atoms with E-state index in [0.717, 1.165) is 5.56 Å². The van der Waals surface area contributed by atoms with Gasteiger partial charge in [-0.1, -0.05) is 26.0 Å². The molecule has 0 aromatic heterocycles. The molecule has 0 spiro atoms. The van der Waals surface area contributed by atoms with Gasteiger partial charge in [0.1, 0.15) is 23.0 Å². The first kappa shape index (κ1) is 20.1. The summed E-state index contributed by atoms with van der Waals surface area (Å²) >= 11 is 0. The van der Waals surface area contributed by atoms with Gasteiger partial charge >= 0.3 is 12.1 Å². The number of amides is 1. The highest BCUT2D eigenvalue weighted by molar-refractivity contribution is 5.95. The summed E-state index contributed by atoms with van der Waals surface area (Å²) < 4.78 is 16.3. The second-order valence-electron chi connectivity index (χ2n) is 8.02. The van der Waals surface area contributed by atoms with Crippen molar-refractivity contribution in [3.05, 3.63) is 29.3 Å². The number of fused-ring (bicyclic) bond motifs is 1. The molecule has 1 N–H and O–H groups in total. The Balaban J connectivity index is 2.21. The lowest BCUT2D eigenvalue weighted by atomic mass is 9.90. The van der Waals surface area contributed by atoms with Crippen LogP contribution in [-0.4, -0.2) is 36.9 Å². The molecule has 2 atom stereocenters. The van der Waals surface area contributed by atoms with Crippen molar-refractivity contribution in [3.63, 3.8) is 0 Å². The molecule has 26 heavy (non-hydrogen) atoms. The Kier molecular flexibility index (Phi) is 6.16. The summed E-state index contributed by atoms with van der Waals surface area (Å²) in [6, 6.07) is 5.16. The molecule has 144 valence electrons. The number of cyclic esters (lactones) is 1. The fraction of sp³-hybridized carbons (Fsp3) is 0.600. The molecule has 1 aliphatic rings. The van der Waals surface area contributed by atoms with Gasteiger partial charge in [0.25, 0.3) is 0 Å². The number of carbonyl (C=O) groups excluding carboxylic acids is 2. The Bertz CT molecular complexity index is 663. The van der Waals surface area contributed by atoms with Crippen LogP contribution in [0.2, 0.25) is 0 Å². The smallest absolute Gasteiger partial charge is 0.408 e. The van der Waals surface area contributed by atoms with Crippen LogP contribution in [0, 0.1) is 5.92 Å². The summed E-state index contributed by atoms with van der Waals surface area (Å²) in [5, 5.41) is 2.88. The highest BCUT2D eigenvalue weighted by Crippen LogP contribution is 2.31. The average molecular weight is 363 g/mol. The van der Waals surface area contributed by atoms with E-state index in [1.807, 2.05) is 32.9 Å². The molecule has 2 rings (SSSR count). The Morgan fingerprint density at radius 3 is 2.62 bits per heavy atom. The van der Waals surface area contributed by atoms with E-state index in [2.05, 4.69) is 19.2 Å². The van der Waals surface area contributed by atoms with Gasteiger partial charge in [0.15, 0.2) is 0 Å². The molecule has 0 fully saturated rings. The highest BCUT2D eigenvalue weighted by atomic mass is 16.6. The minimum Gasteiger partial charge on any atom is -0.496 e. The predicted octanol–water partition coefficient (Wildman–Crippen LogP) is 3.72. The van der Waals surface area contributed by atoms with Crippen molar-refractivity contribution < 1.29 is 23.8 Å². The van der Waals surface area contributed by atoms with Crippen LogP contribution in [0.4, 0.5) is 4.79 Å². The lowest BCUT2D eigenvalue weighted by molar-refractivity contribution is 0.00699. The number of nitrogens with one attached hydrogen (secondary N) is 1. The number of ether oxygens (including phenoxy) is 3. The maximum absolute atomic E-state index is 12.5. The van der Waals surface area contributed by atoms with Crippen molar-refractivity contribution in [3.8, 4) is 5.75 Å². The fourth-order valence-corrected chi connectivity index (χ4v) is 3.10. The lowest BCUT2D eigenvalue weighted by Crippen LogP contribution is -2.49. The van der Waals surface area contributed by atoms with E-state index in [-0.39, 0.29) is 6.04 Å². The van der Waals surface area contributed by atoms with E-state index in [0.29, 0.717) is 30.1 Å². The molecule has 0 saturated heterocycles. The molecule has 6 heteroatoms. The van der Waals surface area contributed by atoms with E-state index in [1.165, 1.54) is 7.11 Å². The van der Waals surface area contributed by atoms with E-state index in [9.17, 15) is 9.59 Å². The molecule has 1 aliphatic heterocycles. The zero-order chi connectivity index (χ0) is 19.5. The van der Waals surface area contributed by atoms with Crippen LogP contribution >= 0.6 is 0 Å². The summed E-state index contributed by atoms with van der Waals surface area (Å²) in [5.74, 6) is 0.403. The predicted molar refractivity (Wildman–Crippen MR) is 98.5 cm³/mol. The third-order valence-corrected chi connectivity index (χ3v) is 4.09. The van der Waals surface area contributed by atoms with Crippen LogP contribution in [-0.2, 0) is 15.9 Å². The van der Waals surface area contributed by atoms with Gasteiger partial charge in [-0.2, -0.15) is 0 Å². The van der Waals surface area contributed by atoms with Gasteiger partial charge in [0.05, 0.1) is 13.2 Å². The first-order valence-electron chi connectivity index (χ1n) is 8.97. The maximum Gasteiger partial charge on any atom is 0.408 e. The molecule has 6 nitrogen and oxygen atoms in total. The molecule has 0 aliphatic carbocycles. The van der Waals surface area contributed by atoms with Crippen molar-refractivity contribution in [1.82, 2.24) is 5.32 Å². The van der Waals surface area contributed by atoms with Gasteiger partial charge in [-0.25, -0.2) is 9.59 Å². The minimum absolute atomic E-state index is 0.320. The molecule has 1 aromatic carbocycles. The topological polar surface area (TPSA) is 73.9 Å². The summed E-state index contributed by atoms with van der Waals surface area (Å²) in [4.78, 5) is 24.8. The Morgan fingerprint density at radius 2 is 2.04 bits per heavy atom. The number of carbonyl (C=O) groups is 2. The lowest BCUT2D eigenvalue weighted by Gasteiger charge is -2.33. The Hall–Kier alpha value is -2.24. The third-order valence-electron chi connectivity index (χ3n) is 4.09. The van der Waals surface area contributed by atoms with Gasteiger partial charge in [-0.15, -0.1) is 0 Å². The van der Waals surface area contributed by atoms with Crippen molar-refractivity contribution in [2.24, 2.45) is 5.92 Å². The molecule has 1 heterocycles. The summed E-state index contributed by atoms with van der Waals surface area (Å²) in [6.45, 7) is 9.56. The second kappa shape index (κ2) is 7.98. The van der Waals surface area contributed by atoms with Gasteiger partial charge in [-0.05, 0) is 44.7 Å². The Morgan fingerprint density at radius 1 is 1.35 bits per heavy atom. The van der Waals surface area contributed by atoms with Crippen LogP contribution in [0.3, 0.4) is 0 Å². The number of rotatable bonds is 5. The fourth-order valence-electron chi connectivity index (χ4n) is 3.10. The van der Waals surface area contributed by atoms with Crippen LogP contribution in [0.5, 0.6) is 5.75 Å². The first-order chi connectivity index (χ1) is 12.1. The monoisotopic (exact) mass is 363 g/mol. The van der Waals surface area contributed by atoms with Crippen molar-refractivity contribution in [1.29, 1.82) is 0 Å². The number of benzene rings is 1. The molecule has 1 amide bonds. The Labute approximate surface area is 155 Å². The summed E-state index contributed by atoms with van der Waals surface area (Å²) in [5.41, 5.74) is 0.743. The van der Waals surface area contributed by atoms with E-state index in [1.54, 1.807) is 6.07 Å². The minimum atomic E-state index is -0.588. The number of alkyl carbamates (subject to hydrolysis) is 1. The van der Waals surface area contributed by atoms with Crippen LogP contribution in [0.15, 0.2) is 18.2 Å². The molecule has 0 saturated carbocycles. The molecule has 0 radical (unpaired) electrons. The van der Waals surface area contributed by atoms with Gasteiger partial charge in [0, 0.05) is 6.42 Å². The first-order valence-corrected chi connectivity index (χ1v) is 8.97. The van der Waals surface area contributed by atoms with Crippen molar-refractivity contribution in [2.75, 3.05) is 7.11 Å². The quantitative estimate of drug-likeness (QED) is 0.807. The number of hydrogen-bond donors (Lipinski definition) is 1. The van der Waals surface area contributed by atoms with Gasteiger partial charge in [0.2, 0.25) is 0 Å². The number of hydrogen-bond acceptors (Lipinski definition) is 5. The van der Waals surface area contributed by atoms with E-state index < -0.39 is 23.8 Å². The van der Waals surface area contributed by atoms with Crippen molar-refractivity contribution in [2.45, 2.75) is 65.2 Å². The number of esters is 1. The molecular weight excluding hydrogens is 334 g/mol. The normalized spacial score (nSPS) is 18.0. The van der Waals surface area contributed by atoms with E-state index >= 15 is 0 Å². The number of methoxy groups -OCH3 is 1. The molecule has 1 aromatic rings. The summed E-state index contributed by atoms with van der Waals surface area (Å²) in [6.07, 6.45) is 0.245. The summed E-state index contributed by atoms with van der Waals surface area (Å²) in [7, 11) is 1.53. The average Bonchev–Trinajstić information content (AvgIpc) is 2.51. The second-order valence-corrected chi connectivity index (χ2v) is 8.02. The van der Waals surface area contributed by atoms with Crippen LogP contribution in [0.1, 0.15) is 57.0 Å². The molecule has 0 bridgehead atoms. The van der Waals surface area contributed by atoms with E-state index in [4.69, 9.17) is 14.2 Å². The zero-order valence-electron chi connectivity index (χ0n) is 16.4. The largest absolute Gasteiger partial charge is 0.496 e. The zero-order valence-corrected chi connectivity index (χ0v) is 16.4. The maximum atomic E-state index is 12.5. The molecular formula is C20H29NO5. The van der Waals surface area contributed by atoms with Crippen LogP contribution in [0.25, 0.3) is 0 Å². The van der Waals surface area contributed by atoms with Gasteiger partial charge < -0.3 is 19.5 Å². The third kappa shape index (κ3) is 5.13. The van der Waals surface area contributed by atoms with Crippen molar-refractivity contribution >= 4 is 12.1 Å². The molecule has 0 unspecified atom stereocenters. The SMILES string of the molecule is COc1cccc2c1C(=O)O[C@@H]([C@H](CC(C)C)NC(=O)OC(C)(C)C)C2. The van der Waals surface area contributed by atoms with Crippen LogP contribution < -0.4 is 10.1 Å². The highest BCUT2D eigenvalue weighted by Gasteiger charge is 2.35. The standard InChI is InChI=1S/C20H29NO5/c1-12(2)10-14(21-19(23)26-20(3,4)5)16-11-13-8-7-9-15(24-6)17(13)18(22)25-16/h7-9,12,14,16H,10-11H2,1-6H3,(H,21,23)/t14-,16+/m0/s1.